The molecule has 0 bridgehead atoms. The third-order valence-electron chi connectivity index (χ3n) is 5.41. The van der Waals surface area contributed by atoms with Crippen LogP contribution in [0.5, 0.6) is 5.75 Å². The van der Waals surface area contributed by atoms with Crippen LogP contribution in [0.1, 0.15) is 63.4 Å². The van der Waals surface area contributed by atoms with E-state index in [9.17, 15) is 14.7 Å². The van der Waals surface area contributed by atoms with Crippen molar-refractivity contribution >= 4 is 17.4 Å². The molecule has 1 aliphatic carbocycles. The van der Waals surface area contributed by atoms with Gasteiger partial charge in [0.1, 0.15) is 5.69 Å². The first-order valence-electron chi connectivity index (χ1n) is 9.50. The van der Waals surface area contributed by atoms with Crippen LogP contribution in [-0.2, 0) is 6.42 Å². The molecule has 0 spiro atoms. The van der Waals surface area contributed by atoms with Gasteiger partial charge < -0.3 is 9.84 Å². The summed E-state index contributed by atoms with van der Waals surface area (Å²) in [6.07, 6.45) is 3.64. The van der Waals surface area contributed by atoms with Gasteiger partial charge in [-0.3, -0.25) is 9.20 Å². The van der Waals surface area contributed by atoms with Gasteiger partial charge >= 0.3 is 5.97 Å². The number of pyridine rings is 1. The molecular weight excluding hydrogens is 356 g/mol. The summed E-state index contributed by atoms with van der Waals surface area (Å²) >= 11 is 0. The normalized spacial score (nSPS) is 15.6. The fourth-order valence-electron chi connectivity index (χ4n) is 4.23. The lowest BCUT2D eigenvalue weighted by atomic mass is 9.93. The third-order valence-corrected chi connectivity index (χ3v) is 5.41. The molecular formula is C22H22N2O4. The van der Waals surface area contributed by atoms with Crippen LogP contribution in [0.4, 0.5) is 0 Å². The number of Topliss-reactive ketones (excluding diaryl/α,β-unsaturated/α-hetero) is 1. The quantitative estimate of drug-likeness (QED) is 0.655. The van der Waals surface area contributed by atoms with Crippen molar-refractivity contribution in [1.82, 2.24) is 9.38 Å². The van der Waals surface area contributed by atoms with Gasteiger partial charge in [0.2, 0.25) is 0 Å². The molecule has 0 amide bonds. The van der Waals surface area contributed by atoms with E-state index in [0.717, 1.165) is 17.5 Å². The summed E-state index contributed by atoms with van der Waals surface area (Å²) in [6.45, 7) is 4.27. The zero-order valence-corrected chi connectivity index (χ0v) is 15.9. The molecule has 1 aromatic carbocycles. The van der Waals surface area contributed by atoms with E-state index in [4.69, 9.17) is 4.74 Å². The second-order valence-electron chi connectivity index (χ2n) is 7.09. The summed E-state index contributed by atoms with van der Waals surface area (Å²) in [5.41, 5.74) is 4.08. The minimum absolute atomic E-state index is 0.0113. The minimum atomic E-state index is -0.912. The number of aromatic nitrogens is 2. The number of aryl methyl sites for hydroxylation is 1. The second kappa shape index (κ2) is 7.11. The molecule has 0 radical (unpaired) electrons. The highest BCUT2D eigenvalue weighted by molar-refractivity contribution is 5.97. The maximum Gasteiger partial charge on any atom is 0.335 e. The highest BCUT2D eigenvalue weighted by atomic mass is 16.5. The van der Waals surface area contributed by atoms with E-state index < -0.39 is 5.97 Å². The van der Waals surface area contributed by atoms with Gasteiger partial charge in [-0.15, -0.1) is 0 Å². The number of carbonyl (C=O) groups is 2. The van der Waals surface area contributed by atoms with Crippen LogP contribution in [0.3, 0.4) is 0 Å². The van der Waals surface area contributed by atoms with E-state index in [1.54, 1.807) is 16.5 Å². The number of fused-ring (bicyclic) bond motifs is 2. The van der Waals surface area contributed by atoms with Gasteiger partial charge in [0.25, 0.3) is 0 Å². The van der Waals surface area contributed by atoms with E-state index in [1.807, 2.05) is 38.2 Å². The zero-order chi connectivity index (χ0) is 19.8. The Labute approximate surface area is 162 Å². The number of hydrogen-bond donors (Lipinski definition) is 1. The second-order valence-corrected chi connectivity index (χ2v) is 7.09. The Morgan fingerprint density at radius 1 is 1.29 bits per heavy atom. The number of carbonyl (C=O) groups excluding carboxylic acids is 1. The van der Waals surface area contributed by atoms with Crippen molar-refractivity contribution < 1.29 is 19.4 Å². The Morgan fingerprint density at radius 2 is 2.11 bits per heavy atom. The summed E-state index contributed by atoms with van der Waals surface area (Å²) in [7, 11) is 0. The average molecular weight is 378 g/mol. The molecule has 144 valence electrons. The van der Waals surface area contributed by atoms with Crippen LogP contribution in [0.2, 0.25) is 0 Å². The Kier molecular flexibility index (Phi) is 4.63. The number of rotatable bonds is 6. The van der Waals surface area contributed by atoms with Crippen molar-refractivity contribution in [3.63, 3.8) is 0 Å². The van der Waals surface area contributed by atoms with Gasteiger partial charge in [0.15, 0.2) is 17.2 Å². The first kappa shape index (κ1) is 18.2. The largest absolute Gasteiger partial charge is 0.490 e. The molecule has 0 saturated heterocycles. The molecule has 0 saturated carbocycles. The summed E-state index contributed by atoms with van der Waals surface area (Å²) < 4.78 is 7.43. The van der Waals surface area contributed by atoms with Crippen LogP contribution >= 0.6 is 0 Å². The van der Waals surface area contributed by atoms with Crippen LogP contribution in [-0.4, -0.2) is 32.9 Å². The molecule has 4 rings (SSSR count). The van der Waals surface area contributed by atoms with E-state index in [1.165, 1.54) is 0 Å². The number of carboxylic acid groups (broad SMARTS) is 1. The number of aromatic carboxylic acids is 1. The standard InChI is InChI=1S/C22H22N2O4/c1-3-28-19-8-5-11-24-20(13(2)23-21(19)24)18(25)12-14-9-10-16-15(14)6-4-7-17(16)22(26)27/h4-8,11,14H,3,9-10,12H2,1-2H3,(H,26,27)/t14-/m0/s1. The van der Waals surface area contributed by atoms with E-state index in [0.29, 0.717) is 47.8 Å². The molecule has 0 aliphatic heterocycles. The predicted octanol–water partition coefficient (Wildman–Crippen LogP) is 4.04. The molecule has 1 atom stereocenters. The highest BCUT2D eigenvalue weighted by Gasteiger charge is 2.30. The van der Waals surface area contributed by atoms with E-state index in [2.05, 4.69) is 4.98 Å². The summed E-state index contributed by atoms with van der Waals surface area (Å²) in [5, 5.41) is 9.40. The molecule has 3 aromatic rings. The molecule has 6 heteroatoms. The first-order valence-corrected chi connectivity index (χ1v) is 9.50. The summed E-state index contributed by atoms with van der Waals surface area (Å²) in [5.74, 6) is -0.214. The van der Waals surface area contributed by atoms with Gasteiger partial charge in [-0.1, -0.05) is 12.1 Å². The van der Waals surface area contributed by atoms with Gasteiger partial charge in [-0.05, 0) is 61.9 Å². The molecule has 1 N–H and O–H groups in total. The molecule has 2 heterocycles. The van der Waals surface area contributed by atoms with Crippen molar-refractivity contribution in [2.75, 3.05) is 6.61 Å². The third kappa shape index (κ3) is 2.95. The van der Waals surface area contributed by atoms with Crippen LogP contribution < -0.4 is 4.74 Å². The molecule has 6 nitrogen and oxygen atoms in total. The number of ether oxygens (including phenoxy) is 1. The Balaban J connectivity index is 1.67. The number of carboxylic acids is 1. The highest BCUT2D eigenvalue weighted by Crippen LogP contribution is 2.38. The van der Waals surface area contributed by atoms with Crippen molar-refractivity contribution in [1.29, 1.82) is 0 Å². The molecule has 28 heavy (non-hydrogen) atoms. The van der Waals surface area contributed by atoms with Crippen molar-refractivity contribution in [2.24, 2.45) is 0 Å². The Bertz CT molecular complexity index is 1080. The van der Waals surface area contributed by atoms with Crippen LogP contribution in [0.15, 0.2) is 36.5 Å². The van der Waals surface area contributed by atoms with E-state index >= 15 is 0 Å². The minimum Gasteiger partial charge on any atom is -0.490 e. The number of hydrogen-bond acceptors (Lipinski definition) is 4. The van der Waals surface area contributed by atoms with Crippen LogP contribution in [0.25, 0.3) is 5.65 Å². The fourth-order valence-corrected chi connectivity index (χ4v) is 4.23. The monoisotopic (exact) mass is 378 g/mol. The molecule has 1 aliphatic rings. The SMILES string of the molecule is CCOc1cccn2c(C(=O)C[C@@H]3CCc4c(C(=O)O)cccc43)c(C)nc12. The number of nitrogens with zero attached hydrogens (tertiary/aromatic N) is 2. The lowest BCUT2D eigenvalue weighted by Crippen LogP contribution is -2.10. The van der Waals surface area contributed by atoms with Crippen LogP contribution in [0, 0.1) is 6.92 Å². The van der Waals surface area contributed by atoms with Gasteiger partial charge in [0.05, 0.1) is 17.9 Å². The number of imidazole rings is 1. The summed E-state index contributed by atoms with van der Waals surface area (Å²) in [4.78, 5) is 29.2. The summed E-state index contributed by atoms with van der Waals surface area (Å²) in [6, 6.07) is 9.04. The molecule has 0 unspecified atom stereocenters. The topological polar surface area (TPSA) is 80.9 Å². The smallest absolute Gasteiger partial charge is 0.335 e. The van der Waals surface area contributed by atoms with Crippen molar-refractivity contribution in [2.45, 2.75) is 39.0 Å². The van der Waals surface area contributed by atoms with Gasteiger partial charge in [-0.2, -0.15) is 0 Å². The maximum atomic E-state index is 13.2. The zero-order valence-electron chi connectivity index (χ0n) is 15.9. The van der Waals surface area contributed by atoms with Crippen molar-refractivity contribution in [3.8, 4) is 5.75 Å². The number of ketones is 1. The fraction of sp³-hybridized carbons (Fsp3) is 0.318. The number of benzene rings is 1. The molecule has 2 aromatic heterocycles. The Hall–Kier alpha value is -3.15. The van der Waals surface area contributed by atoms with E-state index in [-0.39, 0.29) is 11.7 Å². The lowest BCUT2D eigenvalue weighted by molar-refractivity contribution is 0.0695. The van der Waals surface area contributed by atoms with Gasteiger partial charge in [-0.25, -0.2) is 9.78 Å². The predicted molar refractivity (Wildman–Crippen MR) is 105 cm³/mol. The van der Waals surface area contributed by atoms with Gasteiger partial charge in [0, 0.05) is 12.6 Å². The Morgan fingerprint density at radius 3 is 2.86 bits per heavy atom. The average Bonchev–Trinajstić information content (AvgIpc) is 3.22. The molecule has 0 fully saturated rings. The maximum absolute atomic E-state index is 13.2. The lowest BCUT2D eigenvalue weighted by Gasteiger charge is -2.12. The van der Waals surface area contributed by atoms with Crippen molar-refractivity contribution in [3.05, 3.63) is 64.6 Å². The first-order chi connectivity index (χ1) is 13.5.